The summed E-state index contributed by atoms with van der Waals surface area (Å²) in [5.41, 5.74) is 3.48. The highest BCUT2D eigenvalue weighted by Gasteiger charge is 2.14. The van der Waals surface area contributed by atoms with Crippen LogP contribution in [0.15, 0.2) is 18.2 Å². The minimum atomic E-state index is 0.349. The molecule has 0 spiro atoms. The van der Waals surface area contributed by atoms with E-state index >= 15 is 0 Å². The van der Waals surface area contributed by atoms with E-state index < -0.39 is 0 Å². The van der Waals surface area contributed by atoms with Crippen LogP contribution in [-0.2, 0) is 17.2 Å². The Bertz CT molecular complexity index is 566. The molecule has 1 heterocycles. The summed E-state index contributed by atoms with van der Waals surface area (Å²) in [5, 5.41) is 8.45. The van der Waals surface area contributed by atoms with Crippen LogP contribution in [0.3, 0.4) is 0 Å². The van der Waals surface area contributed by atoms with Crippen molar-refractivity contribution in [3.63, 3.8) is 0 Å². The van der Waals surface area contributed by atoms with Crippen LogP contribution in [0.5, 0.6) is 0 Å². The van der Waals surface area contributed by atoms with Crippen molar-refractivity contribution in [2.75, 3.05) is 13.7 Å². The van der Waals surface area contributed by atoms with Crippen molar-refractivity contribution >= 4 is 11.6 Å². The SMILES string of the molecule is COCCn1c(CCl)nnc1-c1cc(C)ccc1C. The number of benzene rings is 1. The first-order valence-electron chi connectivity index (χ1n) is 6.22. The fourth-order valence-corrected chi connectivity index (χ4v) is 2.23. The summed E-state index contributed by atoms with van der Waals surface area (Å²) in [5.74, 6) is 1.98. The molecule has 2 rings (SSSR count). The molecular weight excluding hydrogens is 262 g/mol. The standard InChI is InChI=1S/C14H18ClN3O/c1-10-4-5-11(2)12(8-10)14-17-16-13(9-15)18(14)6-7-19-3/h4-5,8H,6-7,9H2,1-3H3. The van der Waals surface area contributed by atoms with E-state index in [9.17, 15) is 0 Å². The fraction of sp³-hybridized carbons (Fsp3) is 0.429. The normalized spacial score (nSPS) is 10.9. The van der Waals surface area contributed by atoms with E-state index in [-0.39, 0.29) is 0 Å². The molecule has 1 aromatic carbocycles. The minimum absolute atomic E-state index is 0.349. The van der Waals surface area contributed by atoms with Crippen LogP contribution in [0.4, 0.5) is 0 Å². The highest BCUT2D eigenvalue weighted by molar-refractivity contribution is 6.16. The Hall–Kier alpha value is -1.39. The summed E-state index contributed by atoms with van der Waals surface area (Å²) in [7, 11) is 1.68. The van der Waals surface area contributed by atoms with Gasteiger partial charge < -0.3 is 9.30 Å². The smallest absolute Gasteiger partial charge is 0.164 e. The number of alkyl halides is 1. The molecule has 4 nitrogen and oxygen atoms in total. The first kappa shape index (κ1) is 14.0. The van der Waals surface area contributed by atoms with Crippen molar-refractivity contribution in [3.05, 3.63) is 35.2 Å². The maximum Gasteiger partial charge on any atom is 0.164 e. The van der Waals surface area contributed by atoms with E-state index in [0.29, 0.717) is 19.0 Å². The molecule has 0 N–H and O–H groups in total. The van der Waals surface area contributed by atoms with Gasteiger partial charge >= 0.3 is 0 Å². The molecule has 102 valence electrons. The summed E-state index contributed by atoms with van der Waals surface area (Å²) in [4.78, 5) is 0. The second kappa shape index (κ2) is 6.17. The molecule has 2 aromatic rings. The predicted molar refractivity (Wildman–Crippen MR) is 76.4 cm³/mol. The third-order valence-electron chi connectivity index (χ3n) is 3.10. The lowest BCUT2D eigenvalue weighted by Crippen LogP contribution is -2.09. The zero-order valence-electron chi connectivity index (χ0n) is 11.5. The van der Waals surface area contributed by atoms with Crippen molar-refractivity contribution in [2.24, 2.45) is 0 Å². The second-order valence-electron chi connectivity index (χ2n) is 4.54. The predicted octanol–water partition coefficient (Wildman–Crippen LogP) is 2.95. The van der Waals surface area contributed by atoms with Crippen molar-refractivity contribution in [3.8, 4) is 11.4 Å². The number of ether oxygens (including phenoxy) is 1. The average Bonchev–Trinajstić information content (AvgIpc) is 2.81. The Kier molecular flexibility index (Phi) is 4.56. The van der Waals surface area contributed by atoms with Gasteiger partial charge in [0, 0.05) is 19.2 Å². The number of hydrogen-bond acceptors (Lipinski definition) is 3. The van der Waals surface area contributed by atoms with E-state index in [2.05, 4.69) is 42.2 Å². The lowest BCUT2D eigenvalue weighted by atomic mass is 10.1. The van der Waals surface area contributed by atoms with Crippen molar-refractivity contribution < 1.29 is 4.74 Å². The lowest BCUT2D eigenvalue weighted by molar-refractivity contribution is 0.187. The van der Waals surface area contributed by atoms with Crippen LogP contribution in [0.25, 0.3) is 11.4 Å². The van der Waals surface area contributed by atoms with E-state index in [1.54, 1.807) is 7.11 Å². The van der Waals surface area contributed by atoms with Gasteiger partial charge in [-0.05, 0) is 25.5 Å². The fourth-order valence-electron chi connectivity index (χ4n) is 2.03. The number of halogens is 1. The molecule has 0 unspecified atom stereocenters. The molecule has 19 heavy (non-hydrogen) atoms. The first-order chi connectivity index (χ1) is 9.17. The summed E-state index contributed by atoms with van der Waals surface area (Å²) < 4.78 is 7.17. The van der Waals surface area contributed by atoms with Gasteiger partial charge in [0.1, 0.15) is 5.82 Å². The van der Waals surface area contributed by atoms with Crippen molar-refractivity contribution in [1.29, 1.82) is 0 Å². The van der Waals surface area contributed by atoms with Crippen LogP contribution in [0, 0.1) is 13.8 Å². The maximum absolute atomic E-state index is 5.92. The van der Waals surface area contributed by atoms with Crippen LogP contribution >= 0.6 is 11.6 Å². The third kappa shape index (κ3) is 2.96. The highest BCUT2D eigenvalue weighted by atomic mass is 35.5. The van der Waals surface area contributed by atoms with Crippen molar-refractivity contribution in [1.82, 2.24) is 14.8 Å². The molecule has 5 heteroatoms. The quantitative estimate of drug-likeness (QED) is 0.790. The van der Waals surface area contributed by atoms with Crippen LogP contribution in [-0.4, -0.2) is 28.5 Å². The number of methoxy groups -OCH3 is 1. The molecular formula is C14H18ClN3O. The molecule has 0 fully saturated rings. The van der Waals surface area contributed by atoms with Crippen molar-refractivity contribution in [2.45, 2.75) is 26.3 Å². The lowest BCUT2D eigenvalue weighted by Gasteiger charge is -2.11. The topological polar surface area (TPSA) is 39.9 Å². The molecule has 0 aliphatic heterocycles. The molecule has 0 amide bonds. The van der Waals surface area contributed by atoms with Gasteiger partial charge in [-0.25, -0.2) is 0 Å². The molecule has 0 aliphatic rings. The van der Waals surface area contributed by atoms with Gasteiger partial charge in [-0.3, -0.25) is 0 Å². The van der Waals surface area contributed by atoms with E-state index in [1.165, 1.54) is 11.1 Å². The van der Waals surface area contributed by atoms with Gasteiger partial charge in [-0.2, -0.15) is 0 Å². The van der Waals surface area contributed by atoms with E-state index in [4.69, 9.17) is 16.3 Å². The molecule has 0 saturated heterocycles. The van der Waals surface area contributed by atoms with E-state index in [0.717, 1.165) is 17.2 Å². The van der Waals surface area contributed by atoms with Gasteiger partial charge in [0.15, 0.2) is 5.82 Å². The highest BCUT2D eigenvalue weighted by Crippen LogP contribution is 2.24. The van der Waals surface area contributed by atoms with Gasteiger partial charge in [-0.1, -0.05) is 17.7 Å². The van der Waals surface area contributed by atoms with Crippen LogP contribution in [0.2, 0.25) is 0 Å². The molecule has 0 saturated carbocycles. The summed E-state index contributed by atoms with van der Waals surface area (Å²) >= 11 is 5.92. The van der Waals surface area contributed by atoms with Gasteiger partial charge in [0.25, 0.3) is 0 Å². The minimum Gasteiger partial charge on any atom is -0.383 e. The Labute approximate surface area is 118 Å². The third-order valence-corrected chi connectivity index (χ3v) is 3.34. The Morgan fingerprint density at radius 1 is 1.26 bits per heavy atom. The van der Waals surface area contributed by atoms with Gasteiger partial charge in [-0.15, -0.1) is 21.8 Å². The monoisotopic (exact) mass is 279 g/mol. The number of rotatable bonds is 5. The van der Waals surface area contributed by atoms with Crippen LogP contribution < -0.4 is 0 Å². The molecule has 0 bridgehead atoms. The Morgan fingerprint density at radius 2 is 2.05 bits per heavy atom. The molecule has 0 aliphatic carbocycles. The molecule has 0 radical (unpaired) electrons. The van der Waals surface area contributed by atoms with Gasteiger partial charge in [0.05, 0.1) is 12.5 Å². The molecule has 1 aromatic heterocycles. The summed E-state index contributed by atoms with van der Waals surface area (Å²) in [6.07, 6.45) is 0. The number of aryl methyl sites for hydroxylation is 2. The summed E-state index contributed by atoms with van der Waals surface area (Å²) in [6.45, 7) is 5.46. The number of hydrogen-bond donors (Lipinski definition) is 0. The Morgan fingerprint density at radius 3 is 2.74 bits per heavy atom. The van der Waals surface area contributed by atoms with Gasteiger partial charge in [0.2, 0.25) is 0 Å². The van der Waals surface area contributed by atoms with Crippen LogP contribution in [0.1, 0.15) is 17.0 Å². The zero-order chi connectivity index (χ0) is 13.8. The first-order valence-corrected chi connectivity index (χ1v) is 6.75. The number of nitrogens with zero attached hydrogens (tertiary/aromatic N) is 3. The average molecular weight is 280 g/mol. The van der Waals surface area contributed by atoms with E-state index in [1.807, 2.05) is 4.57 Å². The zero-order valence-corrected chi connectivity index (χ0v) is 12.2. The maximum atomic E-state index is 5.92. The number of aromatic nitrogens is 3. The summed E-state index contributed by atoms with van der Waals surface area (Å²) in [6, 6.07) is 6.32. The second-order valence-corrected chi connectivity index (χ2v) is 4.80. The largest absolute Gasteiger partial charge is 0.383 e. The molecule has 0 atom stereocenters. The Balaban J connectivity index is 2.49.